The molecule has 4 N–H and O–H groups in total. The van der Waals surface area contributed by atoms with E-state index in [1.165, 1.54) is 25.3 Å². The van der Waals surface area contributed by atoms with Gasteiger partial charge in [-0.3, -0.25) is 9.59 Å². The van der Waals surface area contributed by atoms with Crippen LogP contribution >= 0.6 is 0 Å². The largest absolute Gasteiger partial charge is 0.456 e. The molecule has 0 radical (unpaired) electrons. The molecule has 9 unspecified atom stereocenters. The Morgan fingerprint density at radius 1 is 0.982 bits per heavy atom. The van der Waals surface area contributed by atoms with Gasteiger partial charge in [-0.15, -0.1) is 0 Å². The minimum Gasteiger partial charge on any atom is -0.456 e. The average Bonchev–Trinajstić information content (AvgIpc) is 3.66. The second-order valence-corrected chi connectivity index (χ2v) is 18.3. The first-order valence-electron chi connectivity index (χ1n) is 21.8. The number of carbonyl (C=O) groups is 3. The molecule has 2 saturated heterocycles. The van der Waals surface area contributed by atoms with E-state index in [1.54, 1.807) is 18.2 Å². The van der Waals surface area contributed by atoms with Gasteiger partial charge in [-0.2, -0.15) is 0 Å². The first-order chi connectivity index (χ1) is 27.2. The highest BCUT2D eigenvalue weighted by molar-refractivity contribution is 5.97. The number of aliphatic hydroxyl groups excluding tert-OH is 2. The third-order valence-corrected chi connectivity index (χ3v) is 13.4. The molecule has 2 saturated carbocycles. The van der Waals surface area contributed by atoms with Crippen LogP contribution in [0.3, 0.4) is 0 Å². The minimum absolute atomic E-state index is 0.0150. The molecule has 9 atom stereocenters. The fourth-order valence-corrected chi connectivity index (χ4v) is 9.87. The Bertz CT molecular complexity index is 1630. The van der Waals surface area contributed by atoms with Crippen molar-refractivity contribution in [3.05, 3.63) is 52.6 Å². The van der Waals surface area contributed by atoms with Gasteiger partial charge in [-0.25, -0.2) is 4.79 Å². The van der Waals surface area contributed by atoms with Crippen LogP contribution in [-0.4, -0.2) is 89.1 Å². The normalized spacial score (nSPS) is 31.4. The standard InChI is InChI=1S/C46H68N2O9/c1-7-9-11-20-46(21-12-10-8-2)55-37-27-33(41(51)48-39(29(3)50)42(52)47-23-24-49)26-36(40(37)57-46)54-43(53)31-15-13-30(14-16-31)25-32-17-18-38-45(6,56-38)22-19-35-34(32)28-44(35,4)5/h13-16,25,27,29,34-40,49-50H,7-12,17-24,26,28H2,1-6H3,(H,47,52)(H,48,51). The van der Waals surface area contributed by atoms with E-state index in [0.29, 0.717) is 41.8 Å². The number of fused-ring (bicyclic) bond motifs is 3. The summed E-state index contributed by atoms with van der Waals surface area (Å²) in [4.78, 5) is 40.5. The molecule has 6 rings (SSSR count). The molecule has 316 valence electrons. The number of carbonyl (C=O) groups excluding carboxylic acids is 3. The van der Waals surface area contributed by atoms with E-state index in [1.807, 2.05) is 12.1 Å². The van der Waals surface area contributed by atoms with Gasteiger partial charge in [0.05, 0.1) is 30.0 Å². The number of hydrogen-bond donors (Lipinski definition) is 4. The van der Waals surface area contributed by atoms with E-state index in [9.17, 15) is 24.6 Å². The van der Waals surface area contributed by atoms with Crippen LogP contribution < -0.4 is 10.6 Å². The second-order valence-electron chi connectivity index (χ2n) is 18.3. The van der Waals surface area contributed by atoms with Crippen LogP contribution in [0.1, 0.15) is 147 Å². The van der Waals surface area contributed by atoms with Crippen LogP contribution in [0.4, 0.5) is 0 Å². The molecule has 0 aromatic heterocycles. The van der Waals surface area contributed by atoms with Crippen LogP contribution in [0.15, 0.2) is 41.5 Å². The zero-order valence-corrected chi connectivity index (χ0v) is 35.1. The number of epoxide rings is 1. The average molecular weight is 793 g/mol. The van der Waals surface area contributed by atoms with Gasteiger partial charge < -0.3 is 39.8 Å². The number of ether oxygens (including phenoxy) is 4. The molecule has 3 aliphatic carbocycles. The van der Waals surface area contributed by atoms with Crippen LogP contribution in [-0.2, 0) is 28.5 Å². The highest BCUT2D eigenvalue weighted by atomic mass is 16.8. The van der Waals surface area contributed by atoms with Crippen LogP contribution in [0, 0.1) is 17.3 Å². The van der Waals surface area contributed by atoms with Gasteiger partial charge in [0, 0.05) is 31.4 Å². The fraction of sp³-hybridized carbons (Fsp3) is 0.717. The number of unbranched alkanes of at least 4 members (excludes halogenated alkanes) is 4. The Hall–Kier alpha value is -3.09. The smallest absolute Gasteiger partial charge is 0.338 e. The molecule has 57 heavy (non-hydrogen) atoms. The Kier molecular flexibility index (Phi) is 14.1. The van der Waals surface area contributed by atoms with E-state index in [0.717, 1.165) is 63.4 Å². The molecule has 2 aliphatic heterocycles. The predicted octanol–water partition coefficient (Wildman–Crippen LogP) is 6.93. The van der Waals surface area contributed by atoms with Crippen LogP contribution in [0.2, 0.25) is 0 Å². The first-order valence-corrected chi connectivity index (χ1v) is 21.8. The lowest BCUT2D eigenvalue weighted by molar-refractivity contribution is -0.190. The SMILES string of the molecule is CCCCCC1(CCCCC)OC2C=C(C(=O)NC(C(=O)NCCO)C(C)O)CC(OC(=O)c3ccc(C=C4CCC5OC5(C)CCC5C4CC5(C)C)cc3)C2O1. The molecule has 5 aliphatic rings. The van der Waals surface area contributed by atoms with Gasteiger partial charge in [0.15, 0.2) is 5.79 Å². The molecule has 11 nitrogen and oxygen atoms in total. The lowest BCUT2D eigenvalue weighted by Gasteiger charge is -2.53. The Morgan fingerprint density at radius 3 is 2.32 bits per heavy atom. The predicted molar refractivity (Wildman–Crippen MR) is 218 cm³/mol. The van der Waals surface area contributed by atoms with Crippen LogP contribution in [0.5, 0.6) is 0 Å². The maximum atomic E-state index is 13.9. The number of benzene rings is 1. The molecule has 1 aromatic carbocycles. The van der Waals surface area contributed by atoms with Gasteiger partial charge in [0.1, 0.15) is 24.4 Å². The number of nitrogens with one attached hydrogen (secondary N) is 2. The van der Waals surface area contributed by atoms with Crippen molar-refractivity contribution in [1.82, 2.24) is 10.6 Å². The molecule has 2 amide bonds. The third kappa shape index (κ3) is 10.2. The second kappa shape index (κ2) is 18.4. The summed E-state index contributed by atoms with van der Waals surface area (Å²) in [7, 11) is 0. The zero-order chi connectivity index (χ0) is 41.0. The molecule has 0 spiro atoms. The van der Waals surface area contributed by atoms with Gasteiger partial charge in [0.2, 0.25) is 11.8 Å². The summed E-state index contributed by atoms with van der Waals surface area (Å²) in [6.45, 7) is 12.5. The summed E-state index contributed by atoms with van der Waals surface area (Å²) in [5.74, 6) is -1.37. The minimum atomic E-state index is -1.25. The Balaban J connectivity index is 1.20. The zero-order valence-electron chi connectivity index (χ0n) is 35.1. The van der Waals surface area contributed by atoms with Crippen LogP contribution in [0.25, 0.3) is 6.08 Å². The highest BCUT2D eigenvalue weighted by Crippen LogP contribution is 2.59. The number of hydrogen-bond acceptors (Lipinski definition) is 9. The van der Waals surface area contributed by atoms with E-state index < -0.39 is 54.0 Å². The van der Waals surface area contributed by atoms with Crippen molar-refractivity contribution in [3.8, 4) is 0 Å². The molecular weight excluding hydrogens is 725 g/mol. The third-order valence-electron chi connectivity index (χ3n) is 13.4. The van der Waals surface area contributed by atoms with Gasteiger partial charge in [-0.1, -0.05) is 77.2 Å². The molecule has 4 fully saturated rings. The summed E-state index contributed by atoms with van der Waals surface area (Å²) in [6.07, 6.45) is 14.0. The molecule has 1 aromatic rings. The summed E-state index contributed by atoms with van der Waals surface area (Å²) in [5, 5.41) is 24.7. The lowest BCUT2D eigenvalue weighted by Crippen LogP contribution is -2.54. The number of aliphatic hydroxyl groups is 2. The van der Waals surface area contributed by atoms with E-state index in [2.05, 4.69) is 51.3 Å². The number of amides is 2. The Labute approximate surface area is 339 Å². The topological polar surface area (TPSA) is 156 Å². The fourth-order valence-electron chi connectivity index (χ4n) is 9.87. The summed E-state index contributed by atoms with van der Waals surface area (Å²) < 4.78 is 25.9. The van der Waals surface area contributed by atoms with Gasteiger partial charge >= 0.3 is 5.97 Å². The molecule has 0 bridgehead atoms. The van der Waals surface area contributed by atoms with Crippen molar-refractivity contribution < 1.29 is 43.5 Å². The van der Waals surface area contributed by atoms with Gasteiger partial charge in [-0.05, 0) is 99.8 Å². The summed E-state index contributed by atoms with van der Waals surface area (Å²) in [6, 6.07) is 6.32. The first kappa shape index (κ1) is 43.5. The van der Waals surface area contributed by atoms with Crippen molar-refractivity contribution in [2.45, 2.75) is 179 Å². The molecule has 11 heteroatoms. The van der Waals surface area contributed by atoms with Gasteiger partial charge in [0.25, 0.3) is 0 Å². The number of esters is 1. The van der Waals surface area contributed by atoms with Crippen molar-refractivity contribution >= 4 is 23.9 Å². The summed E-state index contributed by atoms with van der Waals surface area (Å²) >= 11 is 0. The van der Waals surface area contributed by atoms with Crippen molar-refractivity contribution in [3.63, 3.8) is 0 Å². The molecular formula is C46H68N2O9. The quantitative estimate of drug-likeness (QED) is 0.0747. The van der Waals surface area contributed by atoms with Crippen molar-refractivity contribution in [2.24, 2.45) is 17.3 Å². The lowest BCUT2D eigenvalue weighted by atomic mass is 9.52. The van der Waals surface area contributed by atoms with Crippen molar-refractivity contribution in [1.29, 1.82) is 0 Å². The van der Waals surface area contributed by atoms with E-state index >= 15 is 0 Å². The van der Waals surface area contributed by atoms with E-state index in [-0.39, 0.29) is 30.7 Å². The number of allylic oxidation sites excluding steroid dienone is 1. The maximum Gasteiger partial charge on any atom is 0.338 e. The van der Waals surface area contributed by atoms with E-state index in [4.69, 9.17) is 18.9 Å². The monoisotopic (exact) mass is 792 g/mol. The molecule has 2 heterocycles. The highest BCUT2D eigenvalue weighted by Gasteiger charge is 2.56. The Morgan fingerprint density at radius 2 is 1.68 bits per heavy atom. The summed E-state index contributed by atoms with van der Waals surface area (Å²) in [5.41, 5.74) is 3.56. The van der Waals surface area contributed by atoms with Crippen molar-refractivity contribution in [2.75, 3.05) is 13.2 Å². The maximum absolute atomic E-state index is 13.9. The number of rotatable bonds is 17.